The summed E-state index contributed by atoms with van der Waals surface area (Å²) in [5.41, 5.74) is 2.35. The SMILES string of the molecule is O=C(CCNc1ncnc2nc[nH]c12)NC(CO)Cc1ccccc1. The number of imidazole rings is 1. The minimum Gasteiger partial charge on any atom is -0.394 e. The van der Waals surface area contributed by atoms with Gasteiger partial charge in [-0.05, 0) is 12.0 Å². The molecule has 130 valence electrons. The lowest BCUT2D eigenvalue weighted by molar-refractivity contribution is -0.121. The number of H-pyrrole nitrogens is 1. The molecule has 2 heterocycles. The van der Waals surface area contributed by atoms with Gasteiger partial charge in [-0.25, -0.2) is 15.0 Å². The van der Waals surface area contributed by atoms with Crippen LogP contribution in [0.2, 0.25) is 0 Å². The normalized spacial score (nSPS) is 12.0. The van der Waals surface area contributed by atoms with Crippen LogP contribution in [0.4, 0.5) is 5.82 Å². The highest BCUT2D eigenvalue weighted by molar-refractivity contribution is 5.82. The summed E-state index contributed by atoms with van der Waals surface area (Å²) in [6.07, 6.45) is 3.84. The number of hydrogen-bond acceptors (Lipinski definition) is 6. The number of nitrogens with one attached hydrogen (secondary N) is 3. The van der Waals surface area contributed by atoms with Gasteiger partial charge in [-0.3, -0.25) is 4.79 Å². The first-order chi connectivity index (χ1) is 12.3. The van der Waals surface area contributed by atoms with Crippen molar-refractivity contribution in [1.29, 1.82) is 0 Å². The van der Waals surface area contributed by atoms with Crippen molar-refractivity contribution in [3.05, 3.63) is 48.5 Å². The van der Waals surface area contributed by atoms with Crippen molar-refractivity contribution >= 4 is 22.9 Å². The molecule has 0 aliphatic rings. The Morgan fingerprint density at radius 3 is 2.84 bits per heavy atom. The van der Waals surface area contributed by atoms with Gasteiger partial charge in [-0.1, -0.05) is 30.3 Å². The third kappa shape index (κ3) is 4.51. The van der Waals surface area contributed by atoms with Crippen LogP contribution >= 0.6 is 0 Å². The Morgan fingerprint density at radius 1 is 1.20 bits per heavy atom. The highest BCUT2D eigenvalue weighted by Gasteiger charge is 2.12. The fraction of sp³-hybridized carbons (Fsp3) is 0.294. The molecular formula is C17H20N6O2. The van der Waals surface area contributed by atoms with E-state index in [4.69, 9.17) is 0 Å². The Hall–Kier alpha value is -3.00. The van der Waals surface area contributed by atoms with Crippen LogP contribution in [0.25, 0.3) is 11.2 Å². The number of nitrogens with zero attached hydrogens (tertiary/aromatic N) is 3. The van der Waals surface area contributed by atoms with Crippen LogP contribution in [0.3, 0.4) is 0 Å². The Balaban J connectivity index is 1.48. The van der Waals surface area contributed by atoms with Crippen molar-refractivity contribution in [2.45, 2.75) is 18.9 Å². The van der Waals surface area contributed by atoms with Crippen molar-refractivity contribution in [3.63, 3.8) is 0 Å². The van der Waals surface area contributed by atoms with Crippen molar-refractivity contribution in [2.24, 2.45) is 0 Å². The Morgan fingerprint density at radius 2 is 2.04 bits per heavy atom. The van der Waals surface area contributed by atoms with Crippen LogP contribution < -0.4 is 10.6 Å². The lowest BCUT2D eigenvalue weighted by Crippen LogP contribution is -2.39. The quantitative estimate of drug-likeness (QED) is 0.484. The number of aliphatic hydroxyl groups is 1. The third-order valence-corrected chi connectivity index (χ3v) is 3.78. The Kier molecular flexibility index (Phi) is 5.53. The molecule has 1 amide bonds. The van der Waals surface area contributed by atoms with Crippen LogP contribution in [0.5, 0.6) is 0 Å². The summed E-state index contributed by atoms with van der Waals surface area (Å²) in [4.78, 5) is 27.3. The molecule has 0 spiro atoms. The molecule has 1 unspecified atom stereocenters. The molecule has 3 aromatic rings. The maximum absolute atomic E-state index is 12.1. The number of amides is 1. The first kappa shape index (κ1) is 16.8. The van der Waals surface area contributed by atoms with E-state index in [1.165, 1.54) is 6.33 Å². The maximum atomic E-state index is 12.1. The van der Waals surface area contributed by atoms with Gasteiger partial charge in [-0.15, -0.1) is 0 Å². The smallest absolute Gasteiger partial charge is 0.222 e. The van der Waals surface area contributed by atoms with Crippen molar-refractivity contribution in [2.75, 3.05) is 18.5 Å². The third-order valence-electron chi connectivity index (χ3n) is 3.78. The van der Waals surface area contributed by atoms with Crippen molar-refractivity contribution < 1.29 is 9.90 Å². The fourth-order valence-corrected chi connectivity index (χ4v) is 2.55. The maximum Gasteiger partial charge on any atom is 0.222 e. The molecule has 0 fully saturated rings. The number of fused-ring (bicyclic) bond motifs is 1. The van der Waals surface area contributed by atoms with E-state index in [9.17, 15) is 9.90 Å². The standard InChI is InChI=1S/C17H20N6O2/c24-9-13(8-12-4-2-1-3-5-12)23-14(25)6-7-18-16-15-17(20-10-19-15)22-11-21-16/h1-5,10-11,13,24H,6-9H2,(H,23,25)(H2,18,19,20,21,22). The second-order valence-corrected chi connectivity index (χ2v) is 5.64. The van der Waals surface area contributed by atoms with E-state index in [2.05, 4.69) is 30.6 Å². The van der Waals surface area contributed by atoms with Crippen LogP contribution in [0.1, 0.15) is 12.0 Å². The first-order valence-corrected chi connectivity index (χ1v) is 8.08. The molecule has 3 rings (SSSR count). The zero-order valence-corrected chi connectivity index (χ0v) is 13.6. The molecule has 8 heteroatoms. The molecule has 0 bridgehead atoms. The molecule has 1 atom stereocenters. The topological polar surface area (TPSA) is 116 Å². The van der Waals surface area contributed by atoms with Gasteiger partial charge in [0.15, 0.2) is 11.5 Å². The Bertz CT molecular complexity index is 820. The van der Waals surface area contributed by atoms with E-state index in [1.807, 2.05) is 30.3 Å². The molecule has 1 aromatic carbocycles. The monoisotopic (exact) mass is 340 g/mol. The molecule has 4 N–H and O–H groups in total. The van der Waals surface area contributed by atoms with E-state index in [0.29, 0.717) is 29.9 Å². The second kappa shape index (κ2) is 8.20. The van der Waals surface area contributed by atoms with Crippen LogP contribution in [-0.2, 0) is 11.2 Å². The largest absolute Gasteiger partial charge is 0.394 e. The van der Waals surface area contributed by atoms with Gasteiger partial charge in [0.05, 0.1) is 19.0 Å². The van der Waals surface area contributed by atoms with Crippen LogP contribution in [-0.4, -0.2) is 50.1 Å². The molecule has 2 aromatic heterocycles. The summed E-state index contributed by atoms with van der Waals surface area (Å²) in [6.45, 7) is 0.315. The number of anilines is 1. The highest BCUT2D eigenvalue weighted by Crippen LogP contribution is 2.13. The van der Waals surface area contributed by atoms with Crippen LogP contribution in [0.15, 0.2) is 43.0 Å². The molecule has 25 heavy (non-hydrogen) atoms. The van der Waals surface area contributed by atoms with Gasteiger partial charge >= 0.3 is 0 Å². The van der Waals surface area contributed by atoms with Gasteiger partial charge in [-0.2, -0.15) is 0 Å². The zero-order valence-electron chi connectivity index (χ0n) is 13.6. The minimum absolute atomic E-state index is 0.102. The van der Waals surface area contributed by atoms with Crippen molar-refractivity contribution in [3.8, 4) is 0 Å². The summed E-state index contributed by atoms with van der Waals surface area (Å²) in [7, 11) is 0. The number of benzene rings is 1. The lowest BCUT2D eigenvalue weighted by Gasteiger charge is -2.16. The number of aliphatic hydroxyl groups excluding tert-OH is 1. The summed E-state index contributed by atoms with van der Waals surface area (Å²) in [5, 5.41) is 15.4. The molecular weight excluding hydrogens is 320 g/mol. The molecule has 8 nitrogen and oxygen atoms in total. The average molecular weight is 340 g/mol. The minimum atomic E-state index is -0.298. The van der Waals surface area contributed by atoms with E-state index < -0.39 is 0 Å². The van der Waals surface area contributed by atoms with E-state index in [0.717, 1.165) is 5.56 Å². The number of hydrogen-bond donors (Lipinski definition) is 4. The van der Waals surface area contributed by atoms with Gasteiger partial charge in [0.25, 0.3) is 0 Å². The molecule has 0 saturated carbocycles. The van der Waals surface area contributed by atoms with Gasteiger partial charge < -0.3 is 20.7 Å². The first-order valence-electron chi connectivity index (χ1n) is 8.08. The zero-order chi connectivity index (χ0) is 17.5. The van der Waals surface area contributed by atoms with E-state index >= 15 is 0 Å². The van der Waals surface area contributed by atoms with E-state index in [1.54, 1.807) is 6.33 Å². The summed E-state index contributed by atoms with van der Waals surface area (Å²) >= 11 is 0. The number of carbonyl (C=O) groups excluding carboxylic acids is 1. The molecule has 0 aliphatic heterocycles. The number of aromatic amines is 1. The summed E-state index contributed by atoms with van der Waals surface area (Å²) in [5.74, 6) is 0.482. The summed E-state index contributed by atoms with van der Waals surface area (Å²) < 4.78 is 0. The number of carbonyl (C=O) groups is 1. The average Bonchev–Trinajstić information content (AvgIpc) is 3.11. The fourth-order valence-electron chi connectivity index (χ4n) is 2.55. The van der Waals surface area contributed by atoms with Gasteiger partial charge in [0, 0.05) is 13.0 Å². The molecule has 0 radical (unpaired) electrons. The number of aromatic nitrogens is 4. The predicted molar refractivity (Wildman–Crippen MR) is 94.0 cm³/mol. The van der Waals surface area contributed by atoms with Gasteiger partial charge in [0.2, 0.25) is 5.91 Å². The van der Waals surface area contributed by atoms with Gasteiger partial charge in [0.1, 0.15) is 11.8 Å². The lowest BCUT2D eigenvalue weighted by atomic mass is 10.1. The molecule has 0 saturated heterocycles. The molecule has 0 aliphatic carbocycles. The predicted octanol–water partition coefficient (Wildman–Crippen LogP) is 0.875. The second-order valence-electron chi connectivity index (χ2n) is 5.64. The Labute approximate surface area is 144 Å². The van der Waals surface area contributed by atoms with Crippen molar-refractivity contribution in [1.82, 2.24) is 25.3 Å². The highest BCUT2D eigenvalue weighted by atomic mass is 16.3. The number of rotatable bonds is 8. The summed E-state index contributed by atoms with van der Waals surface area (Å²) in [6, 6.07) is 9.46. The van der Waals surface area contributed by atoms with Crippen LogP contribution in [0, 0.1) is 0 Å². The van der Waals surface area contributed by atoms with E-state index in [-0.39, 0.29) is 25.0 Å².